The van der Waals surface area contributed by atoms with E-state index in [1.54, 1.807) is 0 Å². The Morgan fingerprint density at radius 1 is 0.323 bits per heavy atom. The molecule has 65 heavy (non-hydrogen) atoms. The molecule has 6 nitrogen and oxygen atoms in total. The summed E-state index contributed by atoms with van der Waals surface area (Å²) in [4.78, 5) is 38.1. The van der Waals surface area contributed by atoms with Gasteiger partial charge in [-0.3, -0.25) is 14.4 Å². The van der Waals surface area contributed by atoms with Gasteiger partial charge in [0.25, 0.3) is 0 Å². The van der Waals surface area contributed by atoms with Crippen LogP contribution in [-0.2, 0) is 28.6 Å². The summed E-state index contributed by atoms with van der Waals surface area (Å²) in [6.07, 6.45) is 66.3. The van der Waals surface area contributed by atoms with Crippen molar-refractivity contribution in [2.75, 3.05) is 13.2 Å². The molecule has 0 saturated carbocycles. The van der Waals surface area contributed by atoms with Crippen LogP contribution in [0.2, 0.25) is 0 Å². The zero-order chi connectivity index (χ0) is 47.2. The van der Waals surface area contributed by atoms with Gasteiger partial charge in [0.05, 0.1) is 0 Å². The van der Waals surface area contributed by atoms with Crippen LogP contribution in [-0.4, -0.2) is 37.2 Å². The molecular formula is C59H104O6. The molecule has 0 saturated heterocycles. The maximum absolute atomic E-state index is 12.8. The van der Waals surface area contributed by atoms with Crippen LogP contribution in [0.3, 0.4) is 0 Å². The second-order valence-electron chi connectivity index (χ2n) is 18.5. The van der Waals surface area contributed by atoms with E-state index in [0.717, 1.165) is 109 Å². The van der Waals surface area contributed by atoms with E-state index in [1.807, 2.05) is 0 Å². The average Bonchev–Trinajstić information content (AvgIpc) is 3.30. The minimum Gasteiger partial charge on any atom is -0.462 e. The highest BCUT2D eigenvalue weighted by Gasteiger charge is 2.19. The molecule has 0 aromatic heterocycles. The van der Waals surface area contributed by atoms with E-state index in [4.69, 9.17) is 14.2 Å². The van der Waals surface area contributed by atoms with E-state index in [0.29, 0.717) is 19.3 Å². The predicted octanol–water partition coefficient (Wildman–Crippen LogP) is 18.4. The third kappa shape index (κ3) is 51.9. The van der Waals surface area contributed by atoms with Crippen molar-refractivity contribution in [1.29, 1.82) is 0 Å². The zero-order valence-corrected chi connectivity index (χ0v) is 43.0. The van der Waals surface area contributed by atoms with Crippen LogP contribution in [0.1, 0.15) is 278 Å². The highest BCUT2D eigenvalue weighted by atomic mass is 16.6. The lowest BCUT2D eigenvalue weighted by Crippen LogP contribution is -2.30. The first-order valence-electron chi connectivity index (χ1n) is 27.8. The van der Waals surface area contributed by atoms with Crippen molar-refractivity contribution >= 4 is 17.9 Å². The molecule has 0 amide bonds. The minimum absolute atomic E-state index is 0.0831. The Hall–Kier alpha value is -2.89. The van der Waals surface area contributed by atoms with Gasteiger partial charge in [-0.2, -0.15) is 0 Å². The van der Waals surface area contributed by atoms with Crippen LogP contribution in [0, 0.1) is 0 Å². The van der Waals surface area contributed by atoms with Crippen LogP contribution in [0.15, 0.2) is 60.8 Å². The molecule has 0 aromatic carbocycles. The Morgan fingerprint density at radius 2 is 0.600 bits per heavy atom. The van der Waals surface area contributed by atoms with Gasteiger partial charge in [0.1, 0.15) is 13.2 Å². The molecule has 0 aliphatic rings. The van der Waals surface area contributed by atoms with Crippen molar-refractivity contribution in [2.24, 2.45) is 0 Å². The van der Waals surface area contributed by atoms with Crippen LogP contribution >= 0.6 is 0 Å². The topological polar surface area (TPSA) is 78.9 Å². The van der Waals surface area contributed by atoms with E-state index < -0.39 is 6.10 Å². The number of carbonyl (C=O) groups is 3. The number of hydrogen-bond acceptors (Lipinski definition) is 6. The third-order valence-electron chi connectivity index (χ3n) is 12.0. The fraction of sp³-hybridized carbons (Fsp3) is 0.780. The molecule has 376 valence electrons. The van der Waals surface area contributed by atoms with Crippen molar-refractivity contribution in [1.82, 2.24) is 0 Å². The fourth-order valence-electron chi connectivity index (χ4n) is 7.84. The molecule has 0 rings (SSSR count). The highest BCUT2D eigenvalue weighted by Crippen LogP contribution is 2.15. The lowest BCUT2D eigenvalue weighted by molar-refractivity contribution is -0.167. The van der Waals surface area contributed by atoms with Crippen LogP contribution in [0.5, 0.6) is 0 Å². The van der Waals surface area contributed by atoms with Gasteiger partial charge in [-0.15, -0.1) is 0 Å². The molecule has 1 atom stereocenters. The molecule has 0 aliphatic heterocycles. The summed E-state index contributed by atoms with van der Waals surface area (Å²) in [7, 11) is 0. The SMILES string of the molecule is CC/C=C\C/C=C\C/C=C\C/C=C\CCCCCCC(=O)OCC(COC(=O)CCCCCCCCCCCCCCCC)OC(=O)CCCCCCC/C=C\CCCCCCCCC. The second kappa shape index (κ2) is 53.7. The van der Waals surface area contributed by atoms with Gasteiger partial charge < -0.3 is 14.2 Å². The number of allylic oxidation sites excluding steroid dienone is 10. The van der Waals surface area contributed by atoms with E-state index in [9.17, 15) is 14.4 Å². The third-order valence-corrected chi connectivity index (χ3v) is 12.0. The summed E-state index contributed by atoms with van der Waals surface area (Å²) < 4.78 is 16.8. The Morgan fingerprint density at radius 3 is 0.954 bits per heavy atom. The standard InChI is InChI=1S/C59H104O6/c1-4-7-10-13-16-19-22-25-28-30-32-34-37-40-43-46-49-52-58(61)64-55-56(54-63-57(60)51-48-45-42-39-36-33-27-24-21-18-15-12-9-6-3)65-59(62)53-50-47-44-41-38-35-31-29-26-23-20-17-14-11-8-5-2/h7,10,16,19,25,28-29,31-32,34,56H,4-6,8-9,11-15,17-18,20-24,26-27,30,33,35-55H2,1-3H3/b10-7-,19-16-,28-25-,31-29-,34-32-. The second-order valence-corrected chi connectivity index (χ2v) is 18.5. The van der Waals surface area contributed by atoms with Crippen molar-refractivity contribution < 1.29 is 28.6 Å². The zero-order valence-electron chi connectivity index (χ0n) is 43.0. The first kappa shape index (κ1) is 62.1. The molecule has 0 bridgehead atoms. The summed E-state index contributed by atoms with van der Waals surface area (Å²) in [6, 6.07) is 0. The molecule has 0 N–H and O–H groups in total. The lowest BCUT2D eigenvalue weighted by Gasteiger charge is -2.18. The lowest BCUT2D eigenvalue weighted by atomic mass is 10.0. The molecule has 0 aromatic rings. The van der Waals surface area contributed by atoms with Crippen LogP contribution < -0.4 is 0 Å². The van der Waals surface area contributed by atoms with E-state index >= 15 is 0 Å². The molecule has 0 radical (unpaired) electrons. The van der Waals surface area contributed by atoms with Crippen molar-refractivity contribution in [2.45, 2.75) is 284 Å². The van der Waals surface area contributed by atoms with Crippen molar-refractivity contribution in [3.05, 3.63) is 60.8 Å². The monoisotopic (exact) mass is 909 g/mol. The molecule has 0 fully saturated rings. The average molecular weight is 909 g/mol. The maximum Gasteiger partial charge on any atom is 0.306 e. The van der Waals surface area contributed by atoms with Gasteiger partial charge in [0.15, 0.2) is 6.10 Å². The normalized spacial score (nSPS) is 12.5. The number of unbranched alkanes of at least 4 members (excludes halogenated alkanes) is 29. The van der Waals surface area contributed by atoms with E-state index in [1.165, 1.54) is 128 Å². The minimum atomic E-state index is -0.786. The van der Waals surface area contributed by atoms with Gasteiger partial charge in [-0.05, 0) is 83.5 Å². The summed E-state index contributed by atoms with van der Waals surface area (Å²) in [5.74, 6) is -0.906. The first-order chi connectivity index (χ1) is 32.0. The number of ether oxygens (including phenoxy) is 3. The quantitative estimate of drug-likeness (QED) is 0.0262. The van der Waals surface area contributed by atoms with Gasteiger partial charge in [-0.25, -0.2) is 0 Å². The summed E-state index contributed by atoms with van der Waals surface area (Å²) in [5, 5.41) is 0. The summed E-state index contributed by atoms with van der Waals surface area (Å²) >= 11 is 0. The van der Waals surface area contributed by atoms with E-state index in [2.05, 4.69) is 81.5 Å². The highest BCUT2D eigenvalue weighted by molar-refractivity contribution is 5.71. The first-order valence-corrected chi connectivity index (χ1v) is 27.8. The summed E-state index contributed by atoms with van der Waals surface area (Å²) in [6.45, 7) is 6.52. The van der Waals surface area contributed by atoms with Gasteiger partial charge in [0.2, 0.25) is 0 Å². The summed E-state index contributed by atoms with van der Waals surface area (Å²) in [5.41, 5.74) is 0. The Balaban J connectivity index is 4.42. The Bertz CT molecular complexity index is 1180. The van der Waals surface area contributed by atoms with Gasteiger partial charge in [0, 0.05) is 19.3 Å². The molecule has 1 unspecified atom stereocenters. The van der Waals surface area contributed by atoms with Gasteiger partial charge in [-0.1, -0.05) is 236 Å². The Kier molecular flexibility index (Phi) is 51.3. The van der Waals surface area contributed by atoms with Crippen LogP contribution in [0.4, 0.5) is 0 Å². The molecule has 0 aliphatic carbocycles. The smallest absolute Gasteiger partial charge is 0.306 e. The number of carbonyl (C=O) groups excluding carboxylic acids is 3. The van der Waals surface area contributed by atoms with Crippen molar-refractivity contribution in [3.8, 4) is 0 Å². The van der Waals surface area contributed by atoms with E-state index in [-0.39, 0.29) is 31.1 Å². The molecule has 6 heteroatoms. The van der Waals surface area contributed by atoms with Crippen molar-refractivity contribution in [3.63, 3.8) is 0 Å². The van der Waals surface area contributed by atoms with Gasteiger partial charge >= 0.3 is 17.9 Å². The largest absolute Gasteiger partial charge is 0.462 e. The molecular weight excluding hydrogens is 805 g/mol. The number of hydrogen-bond donors (Lipinski definition) is 0. The fourth-order valence-corrected chi connectivity index (χ4v) is 7.84. The maximum atomic E-state index is 12.8. The number of rotatable bonds is 50. The molecule has 0 spiro atoms. The Labute approximate surface area is 402 Å². The number of esters is 3. The predicted molar refractivity (Wildman–Crippen MR) is 279 cm³/mol. The molecule has 0 heterocycles. The van der Waals surface area contributed by atoms with Crippen LogP contribution in [0.25, 0.3) is 0 Å².